The second-order valence-corrected chi connectivity index (χ2v) is 5.53. The lowest BCUT2D eigenvalue weighted by atomic mass is 10.1. The molecule has 1 aromatic heterocycles. The predicted molar refractivity (Wildman–Crippen MR) is 81.8 cm³/mol. The van der Waals surface area contributed by atoms with Crippen molar-refractivity contribution in [3.05, 3.63) is 47.3 Å². The molecule has 0 spiro atoms. The van der Waals surface area contributed by atoms with Gasteiger partial charge in [-0.2, -0.15) is 0 Å². The van der Waals surface area contributed by atoms with E-state index in [1.807, 2.05) is 44.2 Å². The summed E-state index contributed by atoms with van der Waals surface area (Å²) in [5, 5.41) is 7.73. The number of nitrogens with two attached hydrogens (primary N) is 1. The van der Waals surface area contributed by atoms with Crippen molar-refractivity contribution >= 4 is 17.6 Å². The number of hydrogen-bond acceptors (Lipinski definition) is 4. The first-order valence-corrected chi connectivity index (χ1v) is 6.97. The summed E-state index contributed by atoms with van der Waals surface area (Å²) in [5.41, 5.74) is 8.07. The standard InChI is InChI=1S/C15H17N3OS/c1-9-7-13(14(15(16)17)10(2)18-9)20-12-6-4-5-11(8-12)19-3/h4-8H,1-3H3,(H3,16,17). The fourth-order valence-electron chi connectivity index (χ4n) is 1.99. The average Bonchev–Trinajstić information content (AvgIpc) is 2.37. The molecule has 0 radical (unpaired) electrons. The second kappa shape index (κ2) is 5.96. The van der Waals surface area contributed by atoms with E-state index in [2.05, 4.69) is 4.98 Å². The minimum atomic E-state index is 0.0420. The quantitative estimate of drug-likeness (QED) is 0.669. The van der Waals surface area contributed by atoms with Crippen molar-refractivity contribution in [3.8, 4) is 5.75 Å². The van der Waals surface area contributed by atoms with Gasteiger partial charge in [0.05, 0.1) is 12.7 Å². The Hall–Kier alpha value is -2.01. The molecule has 5 heteroatoms. The number of nitrogens with zero attached hydrogens (tertiary/aromatic N) is 1. The van der Waals surface area contributed by atoms with Crippen LogP contribution in [-0.4, -0.2) is 17.9 Å². The SMILES string of the molecule is COc1cccc(Sc2cc(C)nc(C)c2C(=N)N)c1. The molecule has 2 rings (SSSR count). The number of aryl methyl sites for hydroxylation is 2. The fourth-order valence-corrected chi connectivity index (χ4v) is 3.16. The van der Waals surface area contributed by atoms with Crippen molar-refractivity contribution in [1.29, 1.82) is 5.41 Å². The van der Waals surface area contributed by atoms with E-state index in [4.69, 9.17) is 15.9 Å². The molecule has 0 saturated heterocycles. The molecule has 20 heavy (non-hydrogen) atoms. The van der Waals surface area contributed by atoms with Crippen LogP contribution < -0.4 is 10.5 Å². The van der Waals surface area contributed by atoms with Gasteiger partial charge >= 0.3 is 0 Å². The first kappa shape index (κ1) is 14.4. The van der Waals surface area contributed by atoms with Crippen LogP contribution in [0.5, 0.6) is 5.75 Å². The summed E-state index contributed by atoms with van der Waals surface area (Å²) in [6, 6.07) is 9.75. The molecule has 0 fully saturated rings. The molecule has 0 aliphatic carbocycles. The van der Waals surface area contributed by atoms with Gasteiger partial charge in [0.1, 0.15) is 11.6 Å². The molecule has 104 valence electrons. The van der Waals surface area contributed by atoms with Gasteiger partial charge in [-0.1, -0.05) is 17.8 Å². The Bertz CT molecular complexity index is 656. The summed E-state index contributed by atoms with van der Waals surface area (Å²) >= 11 is 1.56. The van der Waals surface area contributed by atoms with Crippen LogP contribution in [0.25, 0.3) is 0 Å². The van der Waals surface area contributed by atoms with Crippen LogP contribution in [0, 0.1) is 19.3 Å². The first-order chi connectivity index (χ1) is 9.51. The summed E-state index contributed by atoms with van der Waals surface area (Å²) in [4.78, 5) is 6.35. The molecule has 0 saturated carbocycles. The summed E-state index contributed by atoms with van der Waals surface area (Å²) in [5.74, 6) is 0.849. The Kier molecular flexibility index (Phi) is 4.29. The monoisotopic (exact) mass is 287 g/mol. The van der Waals surface area contributed by atoms with Gasteiger partial charge in [-0.05, 0) is 38.1 Å². The molecule has 0 bridgehead atoms. The normalized spacial score (nSPS) is 10.3. The molecule has 0 aliphatic rings. The maximum absolute atomic E-state index is 7.73. The molecule has 0 atom stereocenters. The minimum absolute atomic E-state index is 0.0420. The summed E-state index contributed by atoms with van der Waals surface area (Å²) in [6.07, 6.45) is 0. The van der Waals surface area contributed by atoms with Gasteiger partial charge in [0.25, 0.3) is 0 Å². The Labute approximate surface area is 122 Å². The number of pyridine rings is 1. The number of hydrogen-bond donors (Lipinski definition) is 2. The van der Waals surface area contributed by atoms with Crippen molar-refractivity contribution in [3.63, 3.8) is 0 Å². The van der Waals surface area contributed by atoms with Crippen LogP contribution >= 0.6 is 11.8 Å². The number of benzene rings is 1. The molecule has 4 nitrogen and oxygen atoms in total. The number of aromatic nitrogens is 1. The van der Waals surface area contributed by atoms with Gasteiger partial charge in [0.2, 0.25) is 0 Å². The number of nitrogen functional groups attached to an aromatic ring is 1. The molecule has 1 heterocycles. The van der Waals surface area contributed by atoms with E-state index in [1.165, 1.54) is 0 Å². The summed E-state index contributed by atoms with van der Waals surface area (Å²) in [6.45, 7) is 3.81. The van der Waals surface area contributed by atoms with Crippen LogP contribution in [0.4, 0.5) is 0 Å². The summed E-state index contributed by atoms with van der Waals surface area (Å²) in [7, 11) is 1.64. The topological polar surface area (TPSA) is 72.0 Å². The van der Waals surface area contributed by atoms with Crippen LogP contribution in [0.3, 0.4) is 0 Å². The number of amidine groups is 1. The van der Waals surface area contributed by atoms with Crippen molar-refractivity contribution in [2.75, 3.05) is 7.11 Å². The van der Waals surface area contributed by atoms with E-state index in [0.717, 1.165) is 26.9 Å². The number of ether oxygens (including phenoxy) is 1. The highest BCUT2D eigenvalue weighted by Crippen LogP contribution is 2.33. The minimum Gasteiger partial charge on any atom is -0.497 e. The molecule has 0 unspecified atom stereocenters. The Morgan fingerprint density at radius 2 is 2.05 bits per heavy atom. The maximum Gasteiger partial charge on any atom is 0.125 e. The lowest BCUT2D eigenvalue weighted by molar-refractivity contribution is 0.413. The Morgan fingerprint density at radius 1 is 1.30 bits per heavy atom. The molecule has 3 N–H and O–H groups in total. The number of methoxy groups -OCH3 is 1. The zero-order valence-electron chi connectivity index (χ0n) is 11.7. The Morgan fingerprint density at radius 3 is 2.70 bits per heavy atom. The number of nitrogens with one attached hydrogen (secondary N) is 1. The zero-order chi connectivity index (χ0) is 14.7. The van der Waals surface area contributed by atoms with Gasteiger partial charge in [-0.25, -0.2) is 0 Å². The third-order valence-electron chi connectivity index (χ3n) is 2.83. The lowest BCUT2D eigenvalue weighted by Crippen LogP contribution is -2.15. The van der Waals surface area contributed by atoms with Gasteiger partial charge in [-0.3, -0.25) is 10.4 Å². The third-order valence-corrected chi connectivity index (χ3v) is 3.86. The molecule has 1 aromatic carbocycles. The highest BCUT2D eigenvalue weighted by atomic mass is 32.2. The van der Waals surface area contributed by atoms with Gasteiger partial charge in [0.15, 0.2) is 0 Å². The lowest BCUT2D eigenvalue weighted by Gasteiger charge is -2.12. The zero-order valence-corrected chi connectivity index (χ0v) is 12.5. The van der Waals surface area contributed by atoms with E-state index in [0.29, 0.717) is 5.56 Å². The van der Waals surface area contributed by atoms with Crippen LogP contribution in [-0.2, 0) is 0 Å². The average molecular weight is 287 g/mol. The molecular formula is C15H17N3OS. The van der Waals surface area contributed by atoms with Crippen molar-refractivity contribution in [2.45, 2.75) is 23.6 Å². The smallest absolute Gasteiger partial charge is 0.125 e. The second-order valence-electron chi connectivity index (χ2n) is 4.42. The molecule has 0 aliphatic heterocycles. The molecular weight excluding hydrogens is 270 g/mol. The molecule has 0 amide bonds. The summed E-state index contributed by atoms with van der Waals surface area (Å²) < 4.78 is 5.23. The van der Waals surface area contributed by atoms with E-state index in [1.54, 1.807) is 18.9 Å². The fraction of sp³-hybridized carbons (Fsp3) is 0.200. The Balaban J connectivity index is 2.44. The van der Waals surface area contributed by atoms with E-state index in [-0.39, 0.29) is 5.84 Å². The van der Waals surface area contributed by atoms with E-state index >= 15 is 0 Å². The maximum atomic E-state index is 7.73. The van der Waals surface area contributed by atoms with Gasteiger partial charge < -0.3 is 10.5 Å². The van der Waals surface area contributed by atoms with E-state index in [9.17, 15) is 0 Å². The molecule has 2 aromatic rings. The van der Waals surface area contributed by atoms with Crippen LogP contribution in [0.1, 0.15) is 17.0 Å². The van der Waals surface area contributed by atoms with Gasteiger partial charge in [0, 0.05) is 21.2 Å². The predicted octanol–water partition coefficient (Wildman–Crippen LogP) is 3.14. The highest BCUT2D eigenvalue weighted by Gasteiger charge is 2.12. The van der Waals surface area contributed by atoms with Crippen LogP contribution in [0.2, 0.25) is 0 Å². The van der Waals surface area contributed by atoms with Gasteiger partial charge in [-0.15, -0.1) is 0 Å². The largest absolute Gasteiger partial charge is 0.497 e. The number of rotatable bonds is 4. The van der Waals surface area contributed by atoms with E-state index < -0.39 is 0 Å². The first-order valence-electron chi connectivity index (χ1n) is 6.16. The van der Waals surface area contributed by atoms with Crippen molar-refractivity contribution < 1.29 is 4.74 Å². The van der Waals surface area contributed by atoms with Crippen molar-refractivity contribution in [2.24, 2.45) is 5.73 Å². The van der Waals surface area contributed by atoms with Crippen molar-refractivity contribution in [1.82, 2.24) is 4.98 Å². The van der Waals surface area contributed by atoms with Crippen LogP contribution in [0.15, 0.2) is 40.1 Å². The third kappa shape index (κ3) is 3.11. The highest BCUT2D eigenvalue weighted by molar-refractivity contribution is 7.99.